The number of phenols is 1. The highest BCUT2D eigenvalue weighted by atomic mass is 16.3. The van der Waals surface area contributed by atoms with Crippen LogP contribution in [0.5, 0.6) is 5.75 Å². The number of imide groups is 1. The van der Waals surface area contributed by atoms with Crippen LogP contribution in [0.2, 0.25) is 0 Å². The van der Waals surface area contributed by atoms with Gasteiger partial charge >= 0.3 is 0 Å². The molecule has 1 fully saturated rings. The highest BCUT2D eigenvalue weighted by Crippen LogP contribution is 2.55. The maximum Gasteiger partial charge on any atom is 0.233 e. The number of amides is 2. The van der Waals surface area contributed by atoms with Gasteiger partial charge in [0.25, 0.3) is 0 Å². The van der Waals surface area contributed by atoms with Crippen LogP contribution in [0.4, 0.5) is 0 Å². The zero-order valence-corrected chi connectivity index (χ0v) is 19.1. The second-order valence-electron chi connectivity index (χ2n) is 9.60. The molecule has 0 bridgehead atoms. The molecule has 1 aromatic rings. The number of hydrogen-bond donors (Lipinski definition) is 1. The van der Waals surface area contributed by atoms with Gasteiger partial charge in [0.2, 0.25) is 11.8 Å². The highest BCUT2D eigenvalue weighted by molar-refractivity contribution is 6.23. The zero-order valence-electron chi connectivity index (χ0n) is 19.1. The largest absolute Gasteiger partial charge is 0.508 e. The zero-order chi connectivity index (χ0) is 23.6. The molecule has 1 aromatic carbocycles. The van der Waals surface area contributed by atoms with Crippen LogP contribution in [0.25, 0.3) is 0 Å². The van der Waals surface area contributed by atoms with E-state index in [0.29, 0.717) is 48.1 Å². The van der Waals surface area contributed by atoms with E-state index in [1.54, 1.807) is 26.0 Å². The number of carbonyl (C=O) groups excluding carboxylic acids is 4. The summed E-state index contributed by atoms with van der Waals surface area (Å²) in [5.74, 6) is -2.15. The third-order valence-corrected chi connectivity index (χ3v) is 7.65. The van der Waals surface area contributed by atoms with Crippen LogP contribution >= 0.6 is 0 Å². The van der Waals surface area contributed by atoms with Crippen molar-refractivity contribution in [3.63, 3.8) is 0 Å². The molecule has 0 saturated carbocycles. The molecule has 0 unspecified atom stereocenters. The summed E-state index contributed by atoms with van der Waals surface area (Å²) in [6.07, 6.45) is 4.87. The van der Waals surface area contributed by atoms with Crippen molar-refractivity contribution in [2.24, 2.45) is 17.8 Å². The molecule has 0 radical (unpaired) electrons. The molecule has 1 N–H and O–H groups in total. The van der Waals surface area contributed by atoms with Crippen molar-refractivity contribution in [3.05, 3.63) is 63.8 Å². The minimum Gasteiger partial charge on any atom is -0.508 e. The number of Topliss-reactive ketones (excluding diaryl/α,β-unsaturated/α-hetero) is 1. The highest BCUT2D eigenvalue weighted by Gasteiger charge is 2.56. The lowest BCUT2D eigenvalue weighted by Crippen LogP contribution is -2.39. The van der Waals surface area contributed by atoms with Crippen LogP contribution in [0.15, 0.2) is 52.6 Å². The Morgan fingerprint density at radius 2 is 1.82 bits per heavy atom. The minimum absolute atomic E-state index is 0.124. The molecule has 0 aromatic heterocycles. The maximum absolute atomic E-state index is 13.4. The van der Waals surface area contributed by atoms with Crippen molar-refractivity contribution in [3.8, 4) is 5.75 Å². The Morgan fingerprint density at radius 1 is 1.06 bits per heavy atom. The molecular weight excluding hydrogens is 418 g/mol. The van der Waals surface area contributed by atoms with Crippen LogP contribution in [0.1, 0.15) is 50.2 Å². The number of aromatic hydroxyl groups is 1. The molecule has 6 nitrogen and oxygen atoms in total. The predicted octanol–water partition coefficient (Wildman–Crippen LogP) is 3.54. The molecule has 1 saturated heterocycles. The van der Waals surface area contributed by atoms with Gasteiger partial charge in [0.1, 0.15) is 5.75 Å². The lowest BCUT2D eigenvalue weighted by Gasteiger charge is -2.42. The molecule has 5 rings (SSSR count). The molecule has 33 heavy (non-hydrogen) atoms. The van der Waals surface area contributed by atoms with Crippen molar-refractivity contribution < 1.29 is 24.3 Å². The summed E-state index contributed by atoms with van der Waals surface area (Å²) in [5, 5.41) is 10.1. The first-order chi connectivity index (χ1) is 15.7. The third-order valence-electron chi connectivity index (χ3n) is 7.65. The Bertz CT molecular complexity index is 1220. The van der Waals surface area contributed by atoms with E-state index in [0.717, 1.165) is 11.1 Å². The average molecular weight is 446 g/mol. The quantitative estimate of drug-likeness (QED) is 0.437. The van der Waals surface area contributed by atoms with Gasteiger partial charge < -0.3 is 5.11 Å². The third kappa shape index (κ3) is 3.07. The van der Waals surface area contributed by atoms with Crippen LogP contribution in [0, 0.1) is 24.7 Å². The summed E-state index contributed by atoms with van der Waals surface area (Å²) in [6, 6.07) is 5.22. The number of carbonyl (C=O) groups is 4. The molecule has 4 atom stereocenters. The number of fused-ring (bicyclic) bond motifs is 3. The van der Waals surface area contributed by atoms with Crippen molar-refractivity contribution in [2.45, 2.75) is 46.0 Å². The van der Waals surface area contributed by atoms with Gasteiger partial charge in [0, 0.05) is 29.2 Å². The van der Waals surface area contributed by atoms with Gasteiger partial charge in [0.15, 0.2) is 11.6 Å². The number of aryl methyl sites for hydroxylation is 1. The Morgan fingerprint density at radius 3 is 2.52 bits per heavy atom. The van der Waals surface area contributed by atoms with Crippen LogP contribution < -0.4 is 0 Å². The Hall–Kier alpha value is -3.28. The van der Waals surface area contributed by atoms with Crippen LogP contribution in [0.3, 0.4) is 0 Å². The fourth-order valence-electron chi connectivity index (χ4n) is 6.13. The van der Waals surface area contributed by atoms with Crippen LogP contribution in [-0.4, -0.2) is 39.9 Å². The summed E-state index contributed by atoms with van der Waals surface area (Å²) in [7, 11) is 0. The Labute approximate surface area is 192 Å². The van der Waals surface area contributed by atoms with Gasteiger partial charge in [-0.1, -0.05) is 30.7 Å². The second kappa shape index (κ2) is 7.65. The molecule has 170 valence electrons. The van der Waals surface area contributed by atoms with Crippen molar-refractivity contribution in [2.75, 3.05) is 6.54 Å². The van der Waals surface area contributed by atoms with E-state index >= 15 is 0 Å². The number of likely N-dealkylation sites (tertiary alicyclic amines) is 1. The van der Waals surface area contributed by atoms with Gasteiger partial charge in [-0.25, -0.2) is 0 Å². The molecule has 6 heteroatoms. The van der Waals surface area contributed by atoms with E-state index in [1.165, 1.54) is 11.0 Å². The number of nitrogens with zero attached hydrogens (tertiary/aromatic N) is 1. The fraction of sp³-hybridized carbons (Fsp3) is 0.407. The smallest absolute Gasteiger partial charge is 0.233 e. The standard InChI is InChI=1S/C27H27NO5/c1-4-9-28-26(32)17-7-6-16-18(23(17)27(28)33)12-19-24(21(30)11-14(3)25(19)31)22(16)15-5-8-20(29)13(2)10-15/h5-6,8,10-11,17-18,22-23,29H,4,7,9,12H2,1-3H3/t17-,18+,22-,23-/m0/s1. The summed E-state index contributed by atoms with van der Waals surface area (Å²) < 4.78 is 0. The summed E-state index contributed by atoms with van der Waals surface area (Å²) >= 11 is 0. The average Bonchev–Trinajstić information content (AvgIpc) is 3.03. The van der Waals surface area contributed by atoms with Crippen molar-refractivity contribution >= 4 is 23.4 Å². The molecule has 1 heterocycles. The lowest BCUT2D eigenvalue weighted by molar-refractivity contribution is -0.140. The number of rotatable bonds is 3. The Balaban J connectivity index is 1.68. The van der Waals surface area contributed by atoms with Gasteiger partial charge in [-0.2, -0.15) is 0 Å². The van der Waals surface area contributed by atoms with E-state index < -0.39 is 17.8 Å². The minimum atomic E-state index is -0.507. The topological polar surface area (TPSA) is 91.8 Å². The van der Waals surface area contributed by atoms with E-state index in [-0.39, 0.29) is 35.0 Å². The van der Waals surface area contributed by atoms with Crippen LogP contribution in [-0.2, 0) is 19.2 Å². The molecule has 1 aliphatic heterocycles. The van der Waals surface area contributed by atoms with E-state index in [4.69, 9.17) is 0 Å². The maximum atomic E-state index is 13.4. The lowest BCUT2D eigenvalue weighted by atomic mass is 9.59. The first-order valence-electron chi connectivity index (χ1n) is 11.6. The molecule has 3 aliphatic carbocycles. The summed E-state index contributed by atoms with van der Waals surface area (Å²) in [5.41, 5.74) is 3.76. The number of hydrogen-bond acceptors (Lipinski definition) is 5. The summed E-state index contributed by atoms with van der Waals surface area (Å²) in [6.45, 7) is 5.78. The first kappa shape index (κ1) is 21.6. The van der Waals surface area contributed by atoms with E-state index in [9.17, 15) is 24.3 Å². The molecule has 4 aliphatic rings. The molecular formula is C27H27NO5. The first-order valence-corrected chi connectivity index (χ1v) is 11.6. The van der Waals surface area contributed by atoms with Crippen molar-refractivity contribution in [1.29, 1.82) is 0 Å². The molecule has 0 spiro atoms. The van der Waals surface area contributed by atoms with Gasteiger partial charge in [-0.3, -0.25) is 24.1 Å². The number of allylic oxidation sites excluding steroid dienone is 6. The fourth-order valence-corrected chi connectivity index (χ4v) is 6.13. The van der Waals surface area contributed by atoms with Gasteiger partial charge in [0.05, 0.1) is 11.8 Å². The Kier molecular flexibility index (Phi) is 5.00. The normalized spacial score (nSPS) is 29.0. The monoisotopic (exact) mass is 445 g/mol. The van der Waals surface area contributed by atoms with E-state index in [2.05, 4.69) is 0 Å². The van der Waals surface area contributed by atoms with Crippen molar-refractivity contribution in [1.82, 2.24) is 4.90 Å². The van der Waals surface area contributed by atoms with E-state index in [1.807, 2.05) is 19.1 Å². The summed E-state index contributed by atoms with van der Waals surface area (Å²) in [4.78, 5) is 54.1. The number of ketones is 2. The predicted molar refractivity (Wildman–Crippen MR) is 121 cm³/mol. The molecule has 2 amide bonds. The van der Waals surface area contributed by atoms with Gasteiger partial charge in [-0.05, 0) is 62.3 Å². The number of benzene rings is 1. The number of phenolic OH excluding ortho intramolecular Hbond substituents is 1. The SMILES string of the molecule is CCCN1C(=O)[C@H]2[C@H](CC=C3[C@H](c4ccc(O)c(C)c4)C4=C(C[C@H]32)C(=O)C(C)=CC4=O)C1=O. The van der Waals surface area contributed by atoms with Gasteiger partial charge in [-0.15, -0.1) is 0 Å². The second-order valence-corrected chi connectivity index (χ2v) is 9.60.